The minimum absolute atomic E-state index is 0.0759. The molecule has 0 aromatic carbocycles. The quantitative estimate of drug-likeness (QED) is 0.934. The lowest BCUT2D eigenvalue weighted by Gasteiger charge is -2.22. The molecule has 7 heteroatoms. The molecule has 22 heavy (non-hydrogen) atoms. The fraction of sp³-hybridized carbons (Fsp3) is 0.533. The summed E-state index contributed by atoms with van der Waals surface area (Å²) in [5, 5.41) is 13.6. The fourth-order valence-electron chi connectivity index (χ4n) is 2.67. The maximum atomic E-state index is 12.5. The number of hydrogen-bond donors (Lipinski definition) is 1. The molecule has 0 radical (unpaired) electrons. The van der Waals surface area contributed by atoms with Gasteiger partial charge in [0.05, 0.1) is 18.8 Å². The highest BCUT2D eigenvalue weighted by Gasteiger charge is 2.21. The molecule has 0 unspecified atom stereocenters. The van der Waals surface area contributed by atoms with E-state index in [1.54, 1.807) is 22.4 Å². The van der Waals surface area contributed by atoms with Gasteiger partial charge < -0.3 is 10.2 Å². The van der Waals surface area contributed by atoms with Gasteiger partial charge in [-0.25, -0.2) is 4.68 Å². The Bertz CT molecular complexity index is 644. The summed E-state index contributed by atoms with van der Waals surface area (Å²) in [5.41, 5.74) is 1.65. The van der Waals surface area contributed by atoms with Crippen molar-refractivity contribution in [2.45, 2.75) is 32.4 Å². The molecule has 0 saturated carbocycles. The third-order valence-electron chi connectivity index (χ3n) is 4.11. The molecule has 1 amide bonds. The number of aryl methyl sites for hydroxylation is 1. The number of nitrogens with zero attached hydrogens (tertiary/aromatic N) is 4. The summed E-state index contributed by atoms with van der Waals surface area (Å²) in [5.74, 6) is -0.0759. The van der Waals surface area contributed by atoms with Crippen LogP contribution in [0.5, 0.6) is 0 Å². The van der Waals surface area contributed by atoms with E-state index in [0.29, 0.717) is 18.3 Å². The normalized spacial score (nSPS) is 15.9. The smallest absolute Gasteiger partial charge is 0.276 e. The van der Waals surface area contributed by atoms with E-state index in [4.69, 9.17) is 0 Å². The van der Waals surface area contributed by atoms with Crippen LogP contribution in [0.1, 0.15) is 39.8 Å². The minimum Gasteiger partial charge on any atom is -0.335 e. The van der Waals surface area contributed by atoms with Crippen molar-refractivity contribution in [3.8, 4) is 0 Å². The van der Waals surface area contributed by atoms with Crippen LogP contribution in [0.15, 0.2) is 17.6 Å². The zero-order chi connectivity index (χ0) is 15.5. The zero-order valence-electron chi connectivity index (χ0n) is 13.0. The average molecular weight is 319 g/mol. The van der Waals surface area contributed by atoms with Crippen LogP contribution in [0.25, 0.3) is 0 Å². The first-order chi connectivity index (χ1) is 10.6. The predicted octanol–water partition coefficient (Wildman–Crippen LogP) is 1.84. The van der Waals surface area contributed by atoms with Gasteiger partial charge in [-0.1, -0.05) is 5.21 Å². The zero-order valence-corrected chi connectivity index (χ0v) is 13.8. The number of nitrogens with one attached hydrogen (secondary N) is 1. The number of hydrogen-bond acceptors (Lipinski definition) is 5. The van der Waals surface area contributed by atoms with Crippen molar-refractivity contribution in [2.75, 3.05) is 20.1 Å². The fourth-order valence-corrected chi connectivity index (χ4v) is 3.63. The largest absolute Gasteiger partial charge is 0.335 e. The molecule has 0 aliphatic carbocycles. The van der Waals surface area contributed by atoms with Crippen molar-refractivity contribution in [2.24, 2.45) is 0 Å². The van der Waals surface area contributed by atoms with E-state index >= 15 is 0 Å². The maximum absolute atomic E-state index is 12.5. The van der Waals surface area contributed by atoms with E-state index in [1.165, 1.54) is 10.4 Å². The number of thiophene rings is 1. The second kappa shape index (κ2) is 6.58. The Morgan fingerprint density at radius 1 is 1.50 bits per heavy atom. The lowest BCUT2D eigenvalue weighted by molar-refractivity contribution is 0.0780. The molecule has 2 aromatic heterocycles. The van der Waals surface area contributed by atoms with Crippen LogP contribution in [-0.4, -0.2) is 45.9 Å². The van der Waals surface area contributed by atoms with Gasteiger partial charge >= 0.3 is 0 Å². The molecule has 1 N–H and O–H groups in total. The standard InChI is InChI=1S/C15H21N5OS/c1-11-5-8-22-14(11)10-19(2)15(21)13-9-20(18-17-13)12-3-6-16-7-4-12/h5,8-9,12,16H,3-4,6-7,10H2,1-2H3. The molecule has 1 fully saturated rings. The van der Waals surface area contributed by atoms with E-state index in [1.807, 2.05) is 11.7 Å². The van der Waals surface area contributed by atoms with Gasteiger partial charge in [-0.3, -0.25) is 4.79 Å². The van der Waals surface area contributed by atoms with Crippen molar-refractivity contribution >= 4 is 17.2 Å². The van der Waals surface area contributed by atoms with E-state index in [-0.39, 0.29) is 5.91 Å². The molecule has 118 valence electrons. The number of piperidine rings is 1. The molecular formula is C15H21N5OS. The predicted molar refractivity (Wildman–Crippen MR) is 86.0 cm³/mol. The Labute approximate surface area is 134 Å². The number of carbonyl (C=O) groups excluding carboxylic acids is 1. The van der Waals surface area contributed by atoms with Gasteiger partial charge in [0.2, 0.25) is 0 Å². The van der Waals surface area contributed by atoms with Crippen LogP contribution in [0.2, 0.25) is 0 Å². The van der Waals surface area contributed by atoms with Crippen LogP contribution in [0.4, 0.5) is 0 Å². The average Bonchev–Trinajstić information content (AvgIpc) is 3.17. The molecule has 0 bridgehead atoms. The maximum Gasteiger partial charge on any atom is 0.276 e. The topological polar surface area (TPSA) is 63.1 Å². The van der Waals surface area contributed by atoms with Gasteiger partial charge in [0.25, 0.3) is 5.91 Å². The summed E-state index contributed by atoms with van der Waals surface area (Å²) in [4.78, 5) is 15.4. The third-order valence-corrected chi connectivity index (χ3v) is 5.12. The van der Waals surface area contributed by atoms with Crippen LogP contribution in [0, 0.1) is 6.92 Å². The van der Waals surface area contributed by atoms with Gasteiger partial charge in [0, 0.05) is 11.9 Å². The lowest BCUT2D eigenvalue weighted by atomic mass is 10.1. The molecule has 1 aliphatic heterocycles. The first-order valence-electron chi connectivity index (χ1n) is 7.56. The van der Waals surface area contributed by atoms with Gasteiger partial charge in [0.15, 0.2) is 5.69 Å². The molecule has 0 spiro atoms. The van der Waals surface area contributed by atoms with Crippen LogP contribution >= 0.6 is 11.3 Å². The molecule has 6 nitrogen and oxygen atoms in total. The summed E-state index contributed by atoms with van der Waals surface area (Å²) in [6.07, 6.45) is 3.85. The molecule has 0 atom stereocenters. The first kappa shape index (κ1) is 15.2. The molecule has 2 aromatic rings. The third kappa shape index (κ3) is 3.20. The van der Waals surface area contributed by atoms with Gasteiger partial charge in [-0.05, 0) is 49.9 Å². The summed E-state index contributed by atoms with van der Waals surface area (Å²) >= 11 is 1.68. The van der Waals surface area contributed by atoms with E-state index in [0.717, 1.165) is 25.9 Å². The SMILES string of the molecule is Cc1ccsc1CN(C)C(=O)c1cn(C2CCNCC2)nn1. The summed E-state index contributed by atoms with van der Waals surface area (Å²) in [6, 6.07) is 2.42. The molecular weight excluding hydrogens is 298 g/mol. The summed E-state index contributed by atoms with van der Waals surface area (Å²) in [6.45, 7) is 4.66. The van der Waals surface area contributed by atoms with Crippen molar-refractivity contribution in [1.82, 2.24) is 25.2 Å². The monoisotopic (exact) mass is 319 g/mol. The number of rotatable bonds is 4. The van der Waals surface area contributed by atoms with Crippen molar-refractivity contribution in [1.29, 1.82) is 0 Å². The molecule has 3 heterocycles. The Morgan fingerprint density at radius 3 is 2.95 bits per heavy atom. The summed E-state index contributed by atoms with van der Waals surface area (Å²) in [7, 11) is 1.81. The van der Waals surface area contributed by atoms with E-state index in [2.05, 4.69) is 34.0 Å². The lowest BCUT2D eigenvalue weighted by Crippen LogP contribution is -2.29. The number of carbonyl (C=O) groups is 1. The molecule has 1 aliphatic rings. The molecule has 3 rings (SSSR count). The van der Waals surface area contributed by atoms with Gasteiger partial charge in [-0.15, -0.1) is 16.4 Å². The highest BCUT2D eigenvalue weighted by Crippen LogP contribution is 2.19. The van der Waals surface area contributed by atoms with Crippen LogP contribution in [0.3, 0.4) is 0 Å². The highest BCUT2D eigenvalue weighted by molar-refractivity contribution is 7.10. The van der Waals surface area contributed by atoms with Gasteiger partial charge in [0.1, 0.15) is 0 Å². The second-order valence-electron chi connectivity index (χ2n) is 5.75. The Kier molecular flexibility index (Phi) is 4.54. The summed E-state index contributed by atoms with van der Waals surface area (Å²) < 4.78 is 1.85. The van der Waals surface area contributed by atoms with E-state index in [9.17, 15) is 4.79 Å². The minimum atomic E-state index is -0.0759. The van der Waals surface area contributed by atoms with E-state index < -0.39 is 0 Å². The van der Waals surface area contributed by atoms with Crippen molar-refractivity contribution in [3.63, 3.8) is 0 Å². The second-order valence-corrected chi connectivity index (χ2v) is 6.75. The highest BCUT2D eigenvalue weighted by atomic mass is 32.1. The Balaban J connectivity index is 1.67. The van der Waals surface area contributed by atoms with Gasteiger partial charge in [-0.2, -0.15) is 0 Å². The number of amides is 1. The Morgan fingerprint density at radius 2 is 2.27 bits per heavy atom. The van der Waals surface area contributed by atoms with Crippen LogP contribution in [-0.2, 0) is 6.54 Å². The van der Waals surface area contributed by atoms with Crippen LogP contribution < -0.4 is 5.32 Å². The Hall–Kier alpha value is -1.73. The molecule has 1 saturated heterocycles. The van der Waals surface area contributed by atoms with Crippen molar-refractivity contribution in [3.05, 3.63) is 33.8 Å². The van der Waals surface area contributed by atoms with Crippen molar-refractivity contribution < 1.29 is 4.79 Å². The number of aromatic nitrogens is 3. The first-order valence-corrected chi connectivity index (χ1v) is 8.44.